The van der Waals surface area contributed by atoms with Gasteiger partial charge in [0.2, 0.25) is 0 Å². The molecule has 0 bridgehead atoms. The van der Waals surface area contributed by atoms with Crippen LogP contribution in [-0.2, 0) is 0 Å². The molecule has 164 valence electrons. The van der Waals surface area contributed by atoms with E-state index >= 15 is 0 Å². The van der Waals surface area contributed by atoms with E-state index in [4.69, 9.17) is 16.7 Å². The highest BCUT2D eigenvalue weighted by Gasteiger charge is 2.34. The summed E-state index contributed by atoms with van der Waals surface area (Å²) in [5.74, 6) is -0.194. The van der Waals surface area contributed by atoms with Crippen molar-refractivity contribution in [3.63, 3.8) is 0 Å². The number of hydrogen-bond donors (Lipinski definition) is 0. The van der Waals surface area contributed by atoms with Crippen LogP contribution in [0.25, 0.3) is 0 Å². The standard InChI is InChI=1S/C26H25BrClN3O/c1-3-30(4-2)21-15-11-19(12-16-21)25-17-24(18-9-13-20(27)14-10-18)29-31(25)26(32)22-7-5-6-8-23(22)28/h5-16,25H,3-4,17H2,1-2H3. The van der Waals surface area contributed by atoms with Crippen LogP contribution in [0.5, 0.6) is 0 Å². The fraction of sp³-hybridized carbons (Fsp3) is 0.231. The molecule has 0 aromatic heterocycles. The highest BCUT2D eigenvalue weighted by Crippen LogP contribution is 2.35. The molecule has 3 aromatic rings. The molecule has 0 saturated carbocycles. The fourth-order valence-electron chi connectivity index (χ4n) is 4.03. The molecule has 1 heterocycles. The van der Waals surface area contributed by atoms with Gasteiger partial charge in [-0.05, 0) is 61.4 Å². The average Bonchev–Trinajstić information content (AvgIpc) is 3.26. The topological polar surface area (TPSA) is 35.9 Å². The van der Waals surface area contributed by atoms with Gasteiger partial charge in [-0.2, -0.15) is 5.10 Å². The second-order valence-corrected chi connectivity index (χ2v) is 8.99. The number of carbonyl (C=O) groups excluding carboxylic acids is 1. The summed E-state index contributed by atoms with van der Waals surface area (Å²) in [6.45, 7) is 6.20. The lowest BCUT2D eigenvalue weighted by Crippen LogP contribution is -2.27. The molecule has 0 N–H and O–H groups in total. The fourth-order valence-corrected chi connectivity index (χ4v) is 4.51. The summed E-state index contributed by atoms with van der Waals surface area (Å²) in [5.41, 5.74) is 4.58. The number of nitrogens with zero attached hydrogens (tertiary/aromatic N) is 3. The van der Waals surface area contributed by atoms with Crippen LogP contribution < -0.4 is 4.90 Å². The zero-order chi connectivity index (χ0) is 22.7. The monoisotopic (exact) mass is 509 g/mol. The van der Waals surface area contributed by atoms with Crippen molar-refractivity contribution < 1.29 is 4.79 Å². The van der Waals surface area contributed by atoms with Crippen molar-refractivity contribution >= 4 is 44.8 Å². The molecular formula is C26H25BrClN3O. The van der Waals surface area contributed by atoms with E-state index in [1.165, 1.54) is 5.69 Å². The number of benzene rings is 3. The van der Waals surface area contributed by atoms with Crippen LogP contribution in [0.15, 0.2) is 82.4 Å². The Morgan fingerprint density at radius 1 is 1.03 bits per heavy atom. The maximum Gasteiger partial charge on any atom is 0.276 e. The van der Waals surface area contributed by atoms with Crippen LogP contribution in [0.4, 0.5) is 5.69 Å². The number of amides is 1. The van der Waals surface area contributed by atoms with Crippen LogP contribution in [-0.4, -0.2) is 29.7 Å². The molecule has 4 rings (SSSR count). The predicted octanol–water partition coefficient (Wildman–Crippen LogP) is 6.94. The van der Waals surface area contributed by atoms with Gasteiger partial charge in [-0.25, -0.2) is 5.01 Å². The van der Waals surface area contributed by atoms with Gasteiger partial charge in [0.15, 0.2) is 0 Å². The van der Waals surface area contributed by atoms with Crippen LogP contribution in [0.3, 0.4) is 0 Å². The zero-order valence-electron chi connectivity index (χ0n) is 18.1. The van der Waals surface area contributed by atoms with Crippen molar-refractivity contribution in [1.82, 2.24) is 5.01 Å². The van der Waals surface area contributed by atoms with Crippen LogP contribution in [0.1, 0.15) is 47.8 Å². The Balaban J connectivity index is 1.70. The van der Waals surface area contributed by atoms with Crippen molar-refractivity contribution in [3.05, 3.63) is 99.0 Å². The lowest BCUT2D eigenvalue weighted by Gasteiger charge is -2.24. The Morgan fingerprint density at radius 2 is 1.69 bits per heavy atom. The van der Waals surface area contributed by atoms with E-state index in [1.54, 1.807) is 17.1 Å². The maximum atomic E-state index is 13.5. The van der Waals surface area contributed by atoms with E-state index in [0.717, 1.165) is 34.4 Å². The zero-order valence-corrected chi connectivity index (χ0v) is 20.5. The van der Waals surface area contributed by atoms with E-state index in [9.17, 15) is 4.79 Å². The van der Waals surface area contributed by atoms with E-state index < -0.39 is 0 Å². The molecule has 0 radical (unpaired) electrons. The number of hydrogen-bond acceptors (Lipinski definition) is 3. The third-order valence-corrected chi connectivity index (χ3v) is 6.66. The van der Waals surface area contributed by atoms with Crippen LogP contribution in [0, 0.1) is 0 Å². The summed E-state index contributed by atoms with van der Waals surface area (Å²) in [6.07, 6.45) is 0.641. The number of carbonyl (C=O) groups is 1. The lowest BCUT2D eigenvalue weighted by atomic mass is 9.97. The maximum absolute atomic E-state index is 13.5. The summed E-state index contributed by atoms with van der Waals surface area (Å²) in [5, 5.41) is 6.79. The highest BCUT2D eigenvalue weighted by atomic mass is 79.9. The first-order valence-corrected chi connectivity index (χ1v) is 11.9. The third-order valence-electron chi connectivity index (χ3n) is 5.81. The SMILES string of the molecule is CCN(CC)c1ccc(C2CC(c3ccc(Br)cc3)=NN2C(=O)c2ccccc2Cl)cc1. The molecular weight excluding hydrogens is 486 g/mol. The minimum absolute atomic E-state index is 0.192. The summed E-state index contributed by atoms with van der Waals surface area (Å²) in [7, 11) is 0. The number of hydrazone groups is 1. The molecule has 3 aromatic carbocycles. The summed E-state index contributed by atoms with van der Waals surface area (Å²) in [6, 6.07) is 23.4. The summed E-state index contributed by atoms with van der Waals surface area (Å²) >= 11 is 9.83. The Hall–Kier alpha value is -2.63. The number of anilines is 1. The quantitative estimate of drug-likeness (QED) is 0.360. The minimum Gasteiger partial charge on any atom is -0.372 e. The summed E-state index contributed by atoms with van der Waals surface area (Å²) < 4.78 is 1.01. The molecule has 0 saturated heterocycles. The highest BCUT2D eigenvalue weighted by molar-refractivity contribution is 9.10. The minimum atomic E-state index is -0.194. The molecule has 1 atom stereocenters. The third kappa shape index (κ3) is 4.59. The Morgan fingerprint density at radius 3 is 2.31 bits per heavy atom. The van der Waals surface area contributed by atoms with E-state index in [1.807, 2.05) is 36.4 Å². The smallest absolute Gasteiger partial charge is 0.276 e. The van der Waals surface area contributed by atoms with Crippen molar-refractivity contribution in [2.24, 2.45) is 5.10 Å². The molecule has 4 nitrogen and oxygen atoms in total. The van der Waals surface area contributed by atoms with Gasteiger partial charge in [0.1, 0.15) is 0 Å². The second kappa shape index (κ2) is 9.88. The molecule has 1 aliphatic heterocycles. The molecule has 0 fully saturated rings. The van der Waals surface area contributed by atoms with Gasteiger partial charge in [-0.3, -0.25) is 4.79 Å². The second-order valence-electron chi connectivity index (χ2n) is 7.67. The van der Waals surface area contributed by atoms with Crippen molar-refractivity contribution in [2.45, 2.75) is 26.3 Å². The lowest BCUT2D eigenvalue weighted by molar-refractivity contribution is 0.0711. The first kappa shape index (κ1) is 22.6. The molecule has 1 unspecified atom stereocenters. The van der Waals surface area contributed by atoms with Gasteiger partial charge in [-0.1, -0.05) is 63.9 Å². The Kier molecular flexibility index (Phi) is 6.97. The van der Waals surface area contributed by atoms with E-state index in [2.05, 4.69) is 58.9 Å². The molecule has 32 heavy (non-hydrogen) atoms. The first-order chi connectivity index (χ1) is 15.5. The van der Waals surface area contributed by atoms with Crippen molar-refractivity contribution in [2.75, 3.05) is 18.0 Å². The van der Waals surface area contributed by atoms with Crippen molar-refractivity contribution in [3.8, 4) is 0 Å². The van der Waals surface area contributed by atoms with Gasteiger partial charge in [0.25, 0.3) is 5.91 Å². The first-order valence-electron chi connectivity index (χ1n) is 10.8. The number of rotatable bonds is 6. The molecule has 0 aliphatic carbocycles. The van der Waals surface area contributed by atoms with Gasteiger partial charge in [0, 0.05) is 29.7 Å². The molecule has 0 spiro atoms. The normalized spacial score (nSPS) is 15.6. The van der Waals surface area contributed by atoms with Crippen LogP contribution in [0.2, 0.25) is 5.02 Å². The number of halogens is 2. The average molecular weight is 511 g/mol. The largest absolute Gasteiger partial charge is 0.372 e. The van der Waals surface area contributed by atoms with E-state index in [-0.39, 0.29) is 11.9 Å². The van der Waals surface area contributed by atoms with Gasteiger partial charge in [-0.15, -0.1) is 0 Å². The molecule has 6 heteroatoms. The van der Waals surface area contributed by atoms with E-state index in [0.29, 0.717) is 17.0 Å². The van der Waals surface area contributed by atoms with Crippen LogP contribution >= 0.6 is 27.5 Å². The predicted molar refractivity (Wildman–Crippen MR) is 136 cm³/mol. The molecule has 1 amide bonds. The van der Waals surface area contributed by atoms with Gasteiger partial charge in [0.05, 0.1) is 22.3 Å². The summed E-state index contributed by atoms with van der Waals surface area (Å²) in [4.78, 5) is 15.8. The Labute approximate surface area is 202 Å². The molecule has 1 aliphatic rings. The van der Waals surface area contributed by atoms with Gasteiger partial charge < -0.3 is 4.90 Å². The van der Waals surface area contributed by atoms with Gasteiger partial charge >= 0.3 is 0 Å². The van der Waals surface area contributed by atoms with Crippen molar-refractivity contribution in [1.29, 1.82) is 0 Å². The Bertz CT molecular complexity index is 1120.